The highest BCUT2D eigenvalue weighted by molar-refractivity contribution is 7.14. The van der Waals surface area contributed by atoms with E-state index in [9.17, 15) is 4.79 Å². The highest BCUT2D eigenvalue weighted by Gasteiger charge is 2.21. The number of rotatable bonds is 2. The van der Waals surface area contributed by atoms with E-state index >= 15 is 0 Å². The molecule has 0 aromatic carbocycles. The molecule has 1 saturated heterocycles. The van der Waals surface area contributed by atoms with E-state index in [4.69, 9.17) is 4.74 Å². The van der Waals surface area contributed by atoms with Crippen LogP contribution in [0, 0.1) is 0 Å². The summed E-state index contributed by atoms with van der Waals surface area (Å²) in [5, 5.41) is 0. The van der Waals surface area contributed by atoms with E-state index in [1.54, 1.807) is 11.3 Å². The molecule has 0 saturated carbocycles. The maximum Gasteiger partial charge on any atom is 0.348 e. The zero-order valence-electron chi connectivity index (χ0n) is 9.73. The monoisotopic (exact) mass is 239 g/mol. The summed E-state index contributed by atoms with van der Waals surface area (Å²) < 4.78 is 4.72. The summed E-state index contributed by atoms with van der Waals surface area (Å²) in [5.74, 6) is 0.406. The lowest BCUT2D eigenvalue weighted by atomic mass is 9.96. The summed E-state index contributed by atoms with van der Waals surface area (Å²) >= 11 is 1.58. The number of piperidine rings is 1. The van der Waals surface area contributed by atoms with Crippen LogP contribution in [0.1, 0.15) is 33.3 Å². The highest BCUT2D eigenvalue weighted by Crippen LogP contribution is 2.32. The lowest BCUT2D eigenvalue weighted by Gasteiger charge is -2.28. The fraction of sp³-hybridized carbons (Fsp3) is 0.583. The lowest BCUT2D eigenvalue weighted by Crippen LogP contribution is -2.28. The number of carbonyl (C=O) groups excluding carboxylic acids is 1. The highest BCUT2D eigenvalue weighted by atomic mass is 32.1. The Bertz CT molecular complexity index is 367. The molecule has 0 radical (unpaired) electrons. The van der Waals surface area contributed by atoms with Gasteiger partial charge < -0.3 is 9.64 Å². The summed E-state index contributed by atoms with van der Waals surface area (Å²) in [6.07, 6.45) is 2.38. The van der Waals surface area contributed by atoms with Crippen molar-refractivity contribution >= 4 is 17.3 Å². The Morgan fingerprint density at radius 1 is 1.44 bits per heavy atom. The quantitative estimate of drug-likeness (QED) is 0.742. The van der Waals surface area contributed by atoms with Gasteiger partial charge in [-0.15, -0.1) is 11.3 Å². The van der Waals surface area contributed by atoms with Gasteiger partial charge in [0.05, 0.1) is 7.11 Å². The van der Waals surface area contributed by atoms with Crippen molar-refractivity contribution in [3.05, 3.63) is 21.9 Å². The topological polar surface area (TPSA) is 29.5 Å². The van der Waals surface area contributed by atoms with Crippen LogP contribution in [-0.2, 0) is 4.74 Å². The summed E-state index contributed by atoms with van der Waals surface area (Å²) in [4.78, 5) is 15.7. The van der Waals surface area contributed by atoms with E-state index in [1.807, 2.05) is 6.07 Å². The summed E-state index contributed by atoms with van der Waals surface area (Å²) in [7, 11) is 3.59. The van der Waals surface area contributed by atoms with Crippen LogP contribution >= 0.6 is 11.3 Å². The van der Waals surface area contributed by atoms with Gasteiger partial charge >= 0.3 is 5.97 Å². The second-order valence-electron chi connectivity index (χ2n) is 4.27. The molecule has 1 aliphatic heterocycles. The van der Waals surface area contributed by atoms with Crippen LogP contribution in [-0.4, -0.2) is 38.1 Å². The number of methoxy groups -OCH3 is 1. The summed E-state index contributed by atoms with van der Waals surface area (Å²) in [6, 6.07) is 3.96. The molecule has 88 valence electrons. The average molecular weight is 239 g/mol. The third-order valence-corrected chi connectivity index (χ3v) is 4.36. The SMILES string of the molecule is COC(=O)c1ccc(C2CCN(C)CC2)s1. The van der Waals surface area contributed by atoms with Gasteiger partial charge in [0.1, 0.15) is 4.88 Å². The molecule has 0 spiro atoms. The number of esters is 1. The number of ether oxygens (including phenoxy) is 1. The van der Waals surface area contributed by atoms with Crippen molar-refractivity contribution in [3.63, 3.8) is 0 Å². The van der Waals surface area contributed by atoms with Gasteiger partial charge in [0.2, 0.25) is 0 Å². The van der Waals surface area contributed by atoms with Crippen molar-refractivity contribution in [2.24, 2.45) is 0 Å². The minimum atomic E-state index is -0.218. The Balaban J connectivity index is 2.04. The van der Waals surface area contributed by atoms with E-state index < -0.39 is 0 Å². The Morgan fingerprint density at radius 2 is 2.12 bits per heavy atom. The van der Waals surface area contributed by atoms with Crippen molar-refractivity contribution in [2.45, 2.75) is 18.8 Å². The molecule has 1 aromatic rings. The standard InChI is InChI=1S/C12H17NO2S/c1-13-7-5-9(6-8-13)10-3-4-11(16-10)12(14)15-2/h3-4,9H,5-8H2,1-2H3. The molecular weight excluding hydrogens is 222 g/mol. The molecule has 0 aliphatic carbocycles. The van der Waals surface area contributed by atoms with Crippen molar-refractivity contribution in [2.75, 3.05) is 27.2 Å². The van der Waals surface area contributed by atoms with Crippen molar-refractivity contribution in [3.8, 4) is 0 Å². The molecule has 0 N–H and O–H groups in total. The predicted octanol–water partition coefficient (Wildman–Crippen LogP) is 2.34. The normalized spacial score (nSPS) is 18.6. The van der Waals surface area contributed by atoms with Crippen LogP contribution < -0.4 is 0 Å². The van der Waals surface area contributed by atoms with Gasteiger partial charge in [0.15, 0.2) is 0 Å². The van der Waals surface area contributed by atoms with Crippen molar-refractivity contribution in [1.29, 1.82) is 0 Å². The third-order valence-electron chi connectivity index (χ3n) is 3.13. The van der Waals surface area contributed by atoms with Crippen molar-refractivity contribution < 1.29 is 9.53 Å². The van der Waals surface area contributed by atoms with Gasteiger partial charge in [-0.25, -0.2) is 4.79 Å². The maximum atomic E-state index is 11.3. The molecule has 1 aromatic heterocycles. The van der Waals surface area contributed by atoms with Crippen LogP contribution in [0.3, 0.4) is 0 Å². The zero-order chi connectivity index (χ0) is 11.5. The Morgan fingerprint density at radius 3 is 2.75 bits per heavy atom. The predicted molar refractivity (Wildman–Crippen MR) is 65.1 cm³/mol. The number of carbonyl (C=O) groups is 1. The molecule has 0 unspecified atom stereocenters. The minimum absolute atomic E-state index is 0.218. The van der Waals surface area contributed by atoms with E-state index in [1.165, 1.54) is 24.8 Å². The Labute approximate surface area is 100 Å². The number of nitrogens with zero attached hydrogens (tertiary/aromatic N) is 1. The Kier molecular flexibility index (Phi) is 3.61. The molecule has 16 heavy (non-hydrogen) atoms. The first-order valence-corrected chi connectivity index (χ1v) is 6.39. The fourth-order valence-corrected chi connectivity index (χ4v) is 3.17. The van der Waals surface area contributed by atoms with E-state index in [-0.39, 0.29) is 5.97 Å². The molecule has 2 heterocycles. The van der Waals surface area contributed by atoms with Gasteiger partial charge in [0.25, 0.3) is 0 Å². The second kappa shape index (κ2) is 4.97. The van der Waals surface area contributed by atoms with Crippen LogP contribution in [0.5, 0.6) is 0 Å². The number of hydrogen-bond donors (Lipinski definition) is 0. The van der Waals surface area contributed by atoms with Gasteiger partial charge in [-0.1, -0.05) is 0 Å². The van der Waals surface area contributed by atoms with Gasteiger partial charge in [-0.3, -0.25) is 0 Å². The fourth-order valence-electron chi connectivity index (χ4n) is 2.08. The molecule has 3 nitrogen and oxygen atoms in total. The van der Waals surface area contributed by atoms with E-state index in [0.717, 1.165) is 18.0 Å². The largest absolute Gasteiger partial charge is 0.465 e. The van der Waals surface area contributed by atoms with Crippen LogP contribution in [0.15, 0.2) is 12.1 Å². The first-order chi connectivity index (χ1) is 7.70. The maximum absolute atomic E-state index is 11.3. The minimum Gasteiger partial charge on any atom is -0.465 e. The first kappa shape index (κ1) is 11.6. The van der Waals surface area contributed by atoms with Crippen LogP contribution in [0.4, 0.5) is 0 Å². The molecule has 1 fully saturated rings. The smallest absolute Gasteiger partial charge is 0.348 e. The van der Waals surface area contributed by atoms with Crippen molar-refractivity contribution in [1.82, 2.24) is 4.90 Å². The second-order valence-corrected chi connectivity index (χ2v) is 5.39. The number of hydrogen-bond acceptors (Lipinski definition) is 4. The number of likely N-dealkylation sites (tertiary alicyclic amines) is 1. The van der Waals surface area contributed by atoms with E-state index in [2.05, 4.69) is 18.0 Å². The molecule has 0 bridgehead atoms. The van der Waals surface area contributed by atoms with Gasteiger partial charge in [-0.05, 0) is 51.0 Å². The molecule has 1 aliphatic rings. The molecule has 4 heteroatoms. The molecule has 0 atom stereocenters. The first-order valence-electron chi connectivity index (χ1n) is 5.57. The molecule has 2 rings (SSSR count). The average Bonchev–Trinajstić information content (AvgIpc) is 2.78. The van der Waals surface area contributed by atoms with Crippen LogP contribution in [0.2, 0.25) is 0 Å². The summed E-state index contributed by atoms with van der Waals surface area (Å²) in [5.41, 5.74) is 0. The van der Waals surface area contributed by atoms with Gasteiger partial charge in [-0.2, -0.15) is 0 Å². The van der Waals surface area contributed by atoms with E-state index in [0.29, 0.717) is 5.92 Å². The molecular formula is C12H17NO2S. The van der Waals surface area contributed by atoms with Crippen LogP contribution in [0.25, 0.3) is 0 Å². The third kappa shape index (κ3) is 2.44. The Hall–Kier alpha value is -0.870. The number of thiophene rings is 1. The molecule has 0 amide bonds. The lowest BCUT2D eigenvalue weighted by molar-refractivity contribution is 0.0606. The summed E-state index contributed by atoms with van der Waals surface area (Å²) in [6.45, 7) is 2.30. The van der Waals surface area contributed by atoms with Gasteiger partial charge in [0, 0.05) is 4.88 Å². The zero-order valence-corrected chi connectivity index (χ0v) is 10.5.